The van der Waals surface area contributed by atoms with Gasteiger partial charge in [0.1, 0.15) is 11.7 Å². The molecule has 0 aliphatic rings. The second-order valence-corrected chi connectivity index (χ2v) is 20.9. The lowest BCUT2D eigenvalue weighted by atomic mass is 9.94. The van der Waals surface area contributed by atoms with Crippen molar-refractivity contribution in [1.82, 2.24) is 18.3 Å². The van der Waals surface area contributed by atoms with Crippen LogP contribution >= 0.6 is 0 Å². The Kier molecular flexibility index (Phi) is 9.42. The van der Waals surface area contributed by atoms with Crippen LogP contribution in [-0.4, -0.2) is 18.3 Å². The van der Waals surface area contributed by atoms with Crippen molar-refractivity contribution in [2.75, 3.05) is 0 Å². The molecule has 7 nitrogen and oxygen atoms in total. The number of aromatic nitrogens is 4. The number of nitrogens with zero attached hydrogens (tertiary/aromatic N) is 6. The van der Waals surface area contributed by atoms with Crippen LogP contribution in [0.15, 0.2) is 259 Å². The van der Waals surface area contributed by atoms with Gasteiger partial charge in [-0.05, 0) is 82.9 Å². The molecule has 5 aromatic heterocycles. The maximum absolute atomic E-state index is 12.7. The van der Waals surface area contributed by atoms with Gasteiger partial charge in [-0.3, -0.25) is 0 Å². The highest BCUT2D eigenvalue weighted by atomic mass is 16.3. The molecule has 0 saturated carbocycles. The Hall–Kier alpha value is -11.4. The fraction of sp³-hybridized carbons (Fsp3) is 0. The number of benzene rings is 12. The number of rotatable bonds is 6. The molecule has 0 fully saturated rings. The van der Waals surface area contributed by atoms with Crippen LogP contribution in [0.4, 0.5) is 5.69 Å². The van der Waals surface area contributed by atoms with E-state index in [0.29, 0.717) is 39.6 Å². The van der Waals surface area contributed by atoms with Crippen molar-refractivity contribution in [3.8, 4) is 51.1 Å². The van der Waals surface area contributed by atoms with E-state index >= 15 is 0 Å². The van der Waals surface area contributed by atoms with E-state index in [-0.39, 0.29) is 0 Å². The quantitative estimate of drug-likeness (QED) is 0.156. The van der Waals surface area contributed by atoms with Gasteiger partial charge < -0.3 is 22.7 Å². The summed E-state index contributed by atoms with van der Waals surface area (Å²) in [7, 11) is 0. The van der Waals surface area contributed by atoms with Crippen molar-refractivity contribution >= 4 is 115 Å². The third kappa shape index (κ3) is 6.15. The minimum Gasteiger partial charge on any atom is -0.454 e. The average Bonchev–Trinajstić information content (AvgIpc) is 3.22. The summed E-state index contributed by atoms with van der Waals surface area (Å²) < 4.78 is 16.3. The fourth-order valence-corrected chi connectivity index (χ4v) is 13.5. The lowest BCUT2D eigenvalue weighted by Crippen LogP contribution is -2.14. The first-order valence-corrected chi connectivity index (χ1v) is 27.2. The lowest BCUT2D eigenvalue weighted by Gasteiger charge is -2.27. The molecule has 0 spiro atoms. The lowest BCUT2D eigenvalue weighted by molar-refractivity contribution is 0.671. The van der Waals surface area contributed by atoms with Crippen LogP contribution in [0.2, 0.25) is 0 Å². The van der Waals surface area contributed by atoms with Crippen LogP contribution in [0.1, 0.15) is 5.56 Å². The zero-order chi connectivity index (χ0) is 53.4. The van der Waals surface area contributed by atoms with Crippen molar-refractivity contribution in [3.63, 3.8) is 0 Å². The van der Waals surface area contributed by atoms with Gasteiger partial charge in [0.15, 0.2) is 5.58 Å². The molecule has 0 unspecified atom stereocenters. The van der Waals surface area contributed by atoms with Crippen LogP contribution in [-0.2, 0) is 0 Å². The summed E-state index contributed by atoms with van der Waals surface area (Å²) in [6, 6.07) is 92.1. The molecule has 7 heteroatoms. The Morgan fingerprint density at radius 1 is 0.333 bits per heavy atom. The normalized spacial score (nSPS) is 11.9. The van der Waals surface area contributed by atoms with Crippen LogP contribution in [0, 0.1) is 17.9 Å². The van der Waals surface area contributed by atoms with Crippen LogP contribution < -0.4 is 0 Å². The summed E-state index contributed by atoms with van der Waals surface area (Å²) in [5.74, 6) is 0. The number of hydrogen-bond acceptors (Lipinski definition) is 2. The summed E-state index contributed by atoms with van der Waals surface area (Å²) in [4.78, 5) is 4.80. The fourth-order valence-electron chi connectivity index (χ4n) is 13.5. The van der Waals surface area contributed by atoms with E-state index in [1.54, 1.807) is 0 Å². The minimum absolute atomic E-state index is 0.323. The predicted molar refractivity (Wildman–Crippen MR) is 333 cm³/mol. The highest BCUT2D eigenvalue weighted by molar-refractivity contribution is 6.23. The number of fused-ring (bicyclic) bond motifs is 16. The van der Waals surface area contributed by atoms with Gasteiger partial charge >= 0.3 is 0 Å². The molecule has 0 saturated heterocycles. The molecule has 0 bridgehead atoms. The number of hydrogen-bond donors (Lipinski definition) is 0. The topological polar surface area (TPSA) is 61.0 Å². The van der Waals surface area contributed by atoms with Gasteiger partial charge in [0.25, 0.3) is 0 Å². The van der Waals surface area contributed by atoms with E-state index in [1.807, 2.05) is 24.3 Å². The Morgan fingerprint density at radius 2 is 0.753 bits per heavy atom. The van der Waals surface area contributed by atoms with Crippen molar-refractivity contribution in [2.45, 2.75) is 0 Å². The molecule has 0 atom stereocenters. The molecule has 0 aliphatic carbocycles. The molecule has 5 heterocycles. The van der Waals surface area contributed by atoms with Crippen molar-refractivity contribution in [1.29, 1.82) is 5.26 Å². The first-order chi connectivity index (χ1) is 40.2. The number of nitriles is 1. The van der Waals surface area contributed by atoms with Crippen LogP contribution in [0.25, 0.3) is 159 Å². The van der Waals surface area contributed by atoms with Gasteiger partial charge in [0.05, 0.1) is 79.0 Å². The van der Waals surface area contributed by atoms with Gasteiger partial charge in [-0.2, -0.15) is 5.26 Å². The first kappa shape index (κ1) is 44.7. The summed E-state index contributed by atoms with van der Waals surface area (Å²) in [5.41, 5.74) is 16.1. The zero-order valence-electron chi connectivity index (χ0n) is 43.3. The molecule has 0 N–H and O–H groups in total. The summed E-state index contributed by atoms with van der Waals surface area (Å²) in [5, 5.41) is 22.8. The SMILES string of the molecule is [C-]#[N+]c1c(-n2c3ccccc3c3ccccc32)c(C#N)c(-n2c3ccccc3c3ccccc32)c(-n2c3ccc(-c4ccccc4-c4ccccc4)cc3c3ccc4c5ccccc5oc4c32)c1-n1c2ccccc2c2ccccc21. The van der Waals surface area contributed by atoms with Crippen molar-refractivity contribution in [3.05, 3.63) is 272 Å². The van der Waals surface area contributed by atoms with Gasteiger partial charge in [0.2, 0.25) is 5.69 Å². The molecule has 17 aromatic rings. The van der Waals surface area contributed by atoms with Gasteiger partial charge in [0, 0.05) is 53.9 Å². The second-order valence-electron chi connectivity index (χ2n) is 20.9. The van der Waals surface area contributed by atoms with E-state index in [2.05, 4.69) is 255 Å². The number of para-hydroxylation sites is 7. The standard InChI is InChI=1S/C74H42N6O/c1-76-68-69(77-60-32-14-7-25-49(60)50-26-8-15-33-61(50)77)59(44-75)70(78-62-34-16-9-27-51(62)52-28-10-17-35-63(52)78)73(72(68)79-64-36-18-11-29-53(64)54-30-12-19-37-65(54)79)80-66-42-39-46(48-24-6-5-23-47(48)45-21-3-2-4-22-45)43-58(66)56-40-41-57-55-31-13-20-38-67(55)81-74(57)71(56)80/h2-43H. The Bertz CT molecular complexity index is 5320. The van der Waals surface area contributed by atoms with E-state index in [4.69, 9.17) is 9.26 Å². The van der Waals surface area contributed by atoms with E-state index in [0.717, 1.165) is 126 Å². The molecule has 0 radical (unpaired) electrons. The molecule has 0 aliphatic heterocycles. The Labute approximate surface area is 463 Å². The monoisotopic (exact) mass is 1030 g/mol. The summed E-state index contributed by atoms with van der Waals surface area (Å²) in [6.07, 6.45) is 0. The molecule has 81 heavy (non-hydrogen) atoms. The zero-order valence-corrected chi connectivity index (χ0v) is 43.3. The maximum atomic E-state index is 12.7. The first-order valence-electron chi connectivity index (χ1n) is 27.2. The largest absolute Gasteiger partial charge is 0.454 e. The molecule has 17 rings (SSSR count). The second kappa shape index (κ2) is 17.1. The van der Waals surface area contributed by atoms with Crippen LogP contribution in [0.5, 0.6) is 0 Å². The molecular formula is C74H42N6O. The van der Waals surface area contributed by atoms with Gasteiger partial charge in [-0.1, -0.05) is 194 Å². The predicted octanol–water partition coefficient (Wildman–Crippen LogP) is 19.7. The average molecular weight is 1030 g/mol. The minimum atomic E-state index is 0.323. The summed E-state index contributed by atoms with van der Waals surface area (Å²) in [6.45, 7) is 9.86. The highest BCUT2D eigenvalue weighted by Crippen LogP contribution is 2.53. The van der Waals surface area contributed by atoms with E-state index < -0.39 is 0 Å². The maximum Gasteiger partial charge on any atom is 0.237 e. The van der Waals surface area contributed by atoms with E-state index in [1.165, 1.54) is 0 Å². The molecular weight excluding hydrogens is 989 g/mol. The highest BCUT2D eigenvalue weighted by Gasteiger charge is 2.35. The molecule has 374 valence electrons. The summed E-state index contributed by atoms with van der Waals surface area (Å²) >= 11 is 0. The molecule has 12 aromatic carbocycles. The molecule has 0 amide bonds. The van der Waals surface area contributed by atoms with Crippen molar-refractivity contribution < 1.29 is 4.42 Å². The van der Waals surface area contributed by atoms with Crippen LogP contribution in [0.3, 0.4) is 0 Å². The smallest absolute Gasteiger partial charge is 0.237 e. The Balaban J connectivity index is 1.17. The van der Waals surface area contributed by atoms with Gasteiger partial charge in [-0.15, -0.1) is 0 Å². The van der Waals surface area contributed by atoms with E-state index in [9.17, 15) is 11.8 Å². The third-order valence-corrected chi connectivity index (χ3v) is 16.8. The third-order valence-electron chi connectivity index (χ3n) is 16.8. The van der Waals surface area contributed by atoms with Gasteiger partial charge in [-0.25, -0.2) is 4.85 Å². The Morgan fingerprint density at radius 3 is 1.27 bits per heavy atom. The number of furan rings is 1. The van der Waals surface area contributed by atoms with Crippen molar-refractivity contribution in [2.24, 2.45) is 0 Å².